The number of rotatable bonds is 4. The van der Waals surface area contributed by atoms with Crippen LogP contribution in [-0.2, 0) is 14.3 Å². The second-order valence-corrected chi connectivity index (χ2v) is 11.1. The predicted octanol–water partition coefficient (Wildman–Crippen LogP) is 3.34. The van der Waals surface area contributed by atoms with Crippen LogP contribution in [0.3, 0.4) is 0 Å². The highest BCUT2D eigenvalue weighted by Crippen LogP contribution is 2.62. The molecule has 5 aliphatic rings. The maximum Gasteiger partial charge on any atom is 0.310 e. The molecule has 0 amide bonds. The number of fused-ring (bicyclic) bond motifs is 3. The second kappa shape index (κ2) is 7.63. The number of hydrogen-bond donors (Lipinski definition) is 0. The van der Waals surface area contributed by atoms with Crippen molar-refractivity contribution >= 4 is 11.7 Å². The molecule has 3 aliphatic heterocycles. The third-order valence-electron chi connectivity index (χ3n) is 9.33. The van der Waals surface area contributed by atoms with Crippen LogP contribution in [0.25, 0.3) is 0 Å². The molecule has 174 valence electrons. The van der Waals surface area contributed by atoms with Gasteiger partial charge in [0.05, 0.1) is 30.9 Å². The van der Waals surface area contributed by atoms with E-state index in [0.717, 1.165) is 63.6 Å². The first-order valence-electron chi connectivity index (χ1n) is 12.5. The Bertz CT molecular complexity index is 878. The molecule has 0 bridgehead atoms. The third kappa shape index (κ3) is 3.33. The molecule has 1 spiro atoms. The fourth-order valence-corrected chi connectivity index (χ4v) is 7.51. The van der Waals surface area contributed by atoms with Crippen molar-refractivity contribution < 1.29 is 19.0 Å². The zero-order valence-electron chi connectivity index (χ0n) is 19.4. The van der Waals surface area contributed by atoms with Crippen molar-refractivity contribution in [3.8, 4) is 5.75 Å². The minimum atomic E-state index is 0.0140. The maximum absolute atomic E-state index is 13.0. The molecular weight excluding hydrogens is 404 g/mol. The SMILES string of the molecule is COc1ccccc1N1CCN(C[C@@H]2C(=O)O[C@@H]3C[C@@]4(C)CCC[C@]5(CO5)[C@@H]4C[C@@H]23)CC1. The van der Waals surface area contributed by atoms with Gasteiger partial charge in [-0.2, -0.15) is 0 Å². The number of carbonyl (C=O) groups is 1. The molecule has 3 saturated heterocycles. The van der Waals surface area contributed by atoms with E-state index in [2.05, 4.69) is 28.9 Å². The molecule has 6 atom stereocenters. The van der Waals surface area contributed by atoms with Crippen LogP contribution in [0, 0.1) is 23.2 Å². The van der Waals surface area contributed by atoms with E-state index in [9.17, 15) is 4.79 Å². The topological polar surface area (TPSA) is 54.5 Å². The number of para-hydroxylation sites is 2. The summed E-state index contributed by atoms with van der Waals surface area (Å²) in [5, 5.41) is 0. The Morgan fingerprint density at radius 3 is 2.69 bits per heavy atom. The Morgan fingerprint density at radius 2 is 1.94 bits per heavy atom. The third-order valence-corrected chi connectivity index (χ3v) is 9.33. The molecule has 0 N–H and O–H groups in total. The fourth-order valence-electron chi connectivity index (χ4n) is 7.51. The van der Waals surface area contributed by atoms with Gasteiger partial charge in [0.1, 0.15) is 11.9 Å². The lowest BCUT2D eigenvalue weighted by Gasteiger charge is -2.51. The molecule has 1 aromatic rings. The minimum absolute atomic E-state index is 0.0140. The summed E-state index contributed by atoms with van der Waals surface area (Å²) in [7, 11) is 1.73. The Hall–Kier alpha value is -1.79. The summed E-state index contributed by atoms with van der Waals surface area (Å²) < 4.78 is 17.6. The van der Waals surface area contributed by atoms with Crippen molar-refractivity contribution in [2.45, 2.75) is 50.7 Å². The van der Waals surface area contributed by atoms with Crippen LogP contribution >= 0.6 is 0 Å². The van der Waals surface area contributed by atoms with Crippen LogP contribution < -0.4 is 9.64 Å². The molecular formula is C26H36N2O4. The van der Waals surface area contributed by atoms with Gasteiger partial charge >= 0.3 is 5.97 Å². The van der Waals surface area contributed by atoms with E-state index < -0.39 is 0 Å². The number of methoxy groups -OCH3 is 1. The molecule has 1 aromatic carbocycles. The molecule has 6 rings (SSSR count). The lowest BCUT2D eigenvalue weighted by Crippen LogP contribution is -2.52. The van der Waals surface area contributed by atoms with Gasteiger partial charge in [-0.05, 0) is 55.6 Å². The van der Waals surface area contributed by atoms with Gasteiger partial charge in [-0.15, -0.1) is 0 Å². The number of carbonyl (C=O) groups excluding carboxylic acids is 1. The first-order valence-corrected chi connectivity index (χ1v) is 12.5. The smallest absolute Gasteiger partial charge is 0.310 e. The van der Waals surface area contributed by atoms with Gasteiger partial charge in [0.15, 0.2) is 0 Å². The molecule has 6 nitrogen and oxygen atoms in total. The van der Waals surface area contributed by atoms with E-state index in [1.54, 1.807) is 7.11 Å². The van der Waals surface area contributed by atoms with Crippen LogP contribution in [0.5, 0.6) is 5.75 Å². The van der Waals surface area contributed by atoms with Crippen molar-refractivity contribution in [2.24, 2.45) is 23.2 Å². The van der Waals surface area contributed by atoms with E-state index >= 15 is 0 Å². The minimum Gasteiger partial charge on any atom is -0.495 e. The van der Waals surface area contributed by atoms with Gasteiger partial charge in [0, 0.05) is 38.6 Å². The zero-order valence-corrected chi connectivity index (χ0v) is 19.4. The van der Waals surface area contributed by atoms with Crippen molar-refractivity contribution in [3.63, 3.8) is 0 Å². The Balaban J connectivity index is 1.12. The van der Waals surface area contributed by atoms with Crippen LogP contribution in [-0.4, -0.2) is 69.0 Å². The summed E-state index contributed by atoms with van der Waals surface area (Å²) in [5.41, 5.74) is 1.55. The Morgan fingerprint density at radius 1 is 1.16 bits per heavy atom. The predicted molar refractivity (Wildman–Crippen MR) is 122 cm³/mol. The molecule has 6 heteroatoms. The van der Waals surface area contributed by atoms with Gasteiger partial charge in [0.25, 0.3) is 0 Å². The standard InChI is InChI=1S/C26H36N2O4/c1-25-8-5-9-26(17-31-26)23(25)14-18-19(24(29)32-22(18)15-25)16-27-10-12-28(13-11-27)20-6-3-4-7-21(20)30-2/h3-4,6-7,18-19,22-23H,5,8-17H2,1-2H3/t18-,19-,22+,23+,25+,26-/m0/s1. The van der Waals surface area contributed by atoms with Gasteiger partial charge in [-0.25, -0.2) is 0 Å². The molecule has 3 heterocycles. The summed E-state index contributed by atoms with van der Waals surface area (Å²) in [5.74, 6) is 1.92. The first kappa shape index (κ1) is 20.8. The lowest BCUT2D eigenvalue weighted by atomic mass is 9.53. The van der Waals surface area contributed by atoms with Crippen LogP contribution in [0.15, 0.2) is 24.3 Å². The summed E-state index contributed by atoms with van der Waals surface area (Å²) in [6.07, 6.45) is 5.93. The van der Waals surface area contributed by atoms with E-state index in [4.69, 9.17) is 14.2 Å². The summed E-state index contributed by atoms with van der Waals surface area (Å²) in [6.45, 7) is 8.02. The molecule has 32 heavy (non-hydrogen) atoms. The van der Waals surface area contributed by atoms with Gasteiger partial charge in [-0.1, -0.05) is 19.1 Å². The number of anilines is 1. The normalized spacial score (nSPS) is 41.2. The second-order valence-electron chi connectivity index (χ2n) is 11.1. The molecule has 0 aromatic heterocycles. The molecule has 2 aliphatic carbocycles. The quantitative estimate of drug-likeness (QED) is 0.529. The van der Waals surface area contributed by atoms with E-state index in [1.807, 2.05) is 12.1 Å². The van der Waals surface area contributed by atoms with E-state index in [-0.39, 0.29) is 29.0 Å². The number of hydrogen-bond acceptors (Lipinski definition) is 6. The monoisotopic (exact) mass is 440 g/mol. The highest BCUT2D eigenvalue weighted by molar-refractivity contribution is 5.75. The largest absolute Gasteiger partial charge is 0.495 e. The van der Waals surface area contributed by atoms with Gasteiger partial charge in [0.2, 0.25) is 0 Å². The van der Waals surface area contributed by atoms with Gasteiger partial charge < -0.3 is 19.1 Å². The molecule has 0 radical (unpaired) electrons. The van der Waals surface area contributed by atoms with Crippen molar-refractivity contribution in [1.29, 1.82) is 0 Å². The summed E-state index contributed by atoms with van der Waals surface area (Å²) in [6, 6.07) is 8.23. The maximum atomic E-state index is 13.0. The van der Waals surface area contributed by atoms with E-state index in [0.29, 0.717) is 11.8 Å². The van der Waals surface area contributed by atoms with Crippen molar-refractivity contribution in [2.75, 3.05) is 51.3 Å². The average molecular weight is 441 g/mol. The number of epoxide rings is 1. The van der Waals surface area contributed by atoms with Crippen LogP contribution in [0.4, 0.5) is 5.69 Å². The highest BCUT2D eigenvalue weighted by atomic mass is 16.6. The number of nitrogens with zero attached hydrogens (tertiary/aromatic N) is 2. The fraction of sp³-hybridized carbons (Fsp3) is 0.731. The van der Waals surface area contributed by atoms with Crippen LogP contribution in [0.1, 0.15) is 39.0 Å². The first-order chi connectivity index (χ1) is 15.5. The van der Waals surface area contributed by atoms with Crippen molar-refractivity contribution in [1.82, 2.24) is 4.90 Å². The lowest BCUT2D eigenvalue weighted by molar-refractivity contribution is -0.147. The van der Waals surface area contributed by atoms with Gasteiger partial charge in [-0.3, -0.25) is 9.69 Å². The Labute approximate surface area is 191 Å². The van der Waals surface area contributed by atoms with Crippen molar-refractivity contribution in [3.05, 3.63) is 24.3 Å². The highest BCUT2D eigenvalue weighted by Gasteiger charge is 2.65. The molecule has 5 fully saturated rings. The Kier molecular flexibility index (Phi) is 4.95. The number of ether oxygens (including phenoxy) is 3. The number of esters is 1. The van der Waals surface area contributed by atoms with Crippen LogP contribution in [0.2, 0.25) is 0 Å². The zero-order chi connectivity index (χ0) is 21.9. The number of benzene rings is 1. The molecule has 2 saturated carbocycles. The summed E-state index contributed by atoms with van der Waals surface area (Å²) in [4.78, 5) is 17.8. The molecule has 0 unspecified atom stereocenters. The number of piperazine rings is 1. The average Bonchev–Trinajstić information content (AvgIpc) is 3.51. The summed E-state index contributed by atoms with van der Waals surface area (Å²) >= 11 is 0. The van der Waals surface area contributed by atoms with E-state index in [1.165, 1.54) is 19.3 Å².